The molecule has 2 heterocycles. The molecule has 3 aromatic rings. The number of amides is 1. The third-order valence-electron chi connectivity index (χ3n) is 3.91. The Kier molecular flexibility index (Phi) is 5.75. The zero-order valence-corrected chi connectivity index (χ0v) is 15.6. The number of aromatic nitrogens is 3. The minimum absolute atomic E-state index is 0.0855. The lowest BCUT2D eigenvalue weighted by atomic mass is 10.2. The summed E-state index contributed by atoms with van der Waals surface area (Å²) >= 11 is 5.88. The van der Waals surface area contributed by atoms with E-state index in [1.54, 1.807) is 29.3 Å². The Balaban J connectivity index is 1.54. The second-order valence-corrected chi connectivity index (χ2v) is 6.48. The lowest BCUT2D eigenvalue weighted by molar-refractivity contribution is -0.122. The predicted molar refractivity (Wildman–Crippen MR) is 102 cm³/mol. The number of nitrogens with zero attached hydrogens (tertiary/aromatic N) is 3. The van der Waals surface area contributed by atoms with Gasteiger partial charge in [-0.05, 0) is 19.1 Å². The van der Waals surface area contributed by atoms with Crippen LogP contribution in [0.15, 0.2) is 36.8 Å². The van der Waals surface area contributed by atoms with E-state index in [1.807, 2.05) is 6.92 Å². The highest BCUT2D eigenvalue weighted by atomic mass is 35.5. The third kappa shape index (κ3) is 4.65. The highest BCUT2D eigenvalue weighted by molar-refractivity contribution is 6.32. The predicted octanol–water partition coefficient (Wildman–Crippen LogP) is 2.85. The molecule has 0 aliphatic heterocycles. The summed E-state index contributed by atoms with van der Waals surface area (Å²) in [6.07, 6.45) is 5.11. The topological polar surface area (TPSA) is 81.1 Å². The molecule has 0 bridgehead atoms. The zero-order valence-electron chi connectivity index (χ0n) is 14.9. The number of carbonyl (C=O) groups excluding carboxylic acids is 1. The molecule has 1 atom stereocenters. The van der Waals surface area contributed by atoms with Gasteiger partial charge in [0.25, 0.3) is 0 Å². The van der Waals surface area contributed by atoms with Crippen LogP contribution in [0.3, 0.4) is 0 Å². The second-order valence-electron chi connectivity index (χ2n) is 6.08. The van der Waals surface area contributed by atoms with Gasteiger partial charge in [-0.1, -0.05) is 11.6 Å². The van der Waals surface area contributed by atoms with E-state index in [9.17, 15) is 9.18 Å². The van der Waals surface area contributed by atoms with E-state index in [0.717, 1.165) is 10.9 Å². The maximum Gasteiger partial charge on any atom is 0.241 e. The molecule has 0 aliphatic carbocycles. The fraction of sp³-hybridized carbons (Fsp3) is 0.278. The standard InChI is InChI=1S/C18H19ClFN5O2/c1-11(7-22-16-6-17(27-2)13(19)5-14(16)20)23-18(26)10-25-9-12-8-21-4-3-15(12)24-25/h3-6,8-9,11,22H,7,10H2,1-2H3,(H,23,26). The lowest BCUT2D eigenvalue weighted by Crippen LogP contribution is -2.39. The summed E-state index contributed by atoms with van der Waals surface area (Å²) in [6, 6.07) is 4.22. The molecule has 1 amide bonds. The number of rotatable bonds is 7. The number of fused-ring (bicyclic) bond motifs is 1. The van der Waals surface area contributed by atoms with Crippen LogP contribution in [0, 0.1) is 5.82 Å². The quantitative estimate of drug-likeness (QED) is 0.647. The Labute approximate surface area is 160 Å². The summed E-state index contributed by atoms with van der Waals surface area (Å²) in [4.78, 5) is 16.2. The van der Waals surface area contributed by atoms with Gasteiger partial charge in [-0.15, -0.1) is 0 Å². The van der Waals surface area contributed by atoms with Crippen molar-refractivity contribution in [2.45, 2.75) is 19.5 Å². The number of nitrogens with one attached hydrogen (secondary N) is 2. The second kappa shape index (κ2) is 8.22. The number of methoxy groups -OCH3 is 1. The number of anilines is 1. The molecule has 0 spiro atoms. The minimum atomic E-state index is -0.490. The summed E-state index contributed by atoms with van der Waals surface area (Å²) in [6.45, 7) is 2.24. The summed E-state index contributed by atoms with van der Waals surface area (Å²) in [5.74, 6) is -0.312. The van der Waals surface area contributed by atoms with E-state index >= 15 is 0 Å². The van der Waals surface area contributed by atoms with Gasteiger partial charge in [-0.2, -0.15) is 5.10 Å². The van der Waals surface area contributed by atoms with Crippen LogP contribution in [0.5, 0.6) is 5.75 Å². The molecule has 27 heavy (non-hydrogen) atoms. The first-order valence-electron chi connectivity index (χ1n) is 8.29. The first-order chi connectivity index (χ1) is 13.0. The van der Waals surface area contributed by atoms with Gasteiger partial charge < -0.3 is 15.4 Å². The number of ether oxygens (including phenoxy) is 1. The first-order valence-corrected chi connectivity index (χ1v) is 8.67. The van der Waals surface area contributed by atoms with Gasteiger partial charge in [0.1, 0.15) is 18.1 Å². The van der Waals surface area contributed by atoms with Gasteiger partial charge in [0.05, 0.1) is 23.3 Å². The van der Waals surface area contributed by atoms with Crippen LogP contribution in [0.25, 0.3) is 10.9 Å². The molecule has 1 aromatic carbocycles. The largest absolute Gasteiger partial charge is 0.495 e. The molecule has 3 rings (SSSR count). The van der Waals surface area contributed by atoms with Crippen molar-refractivity contribution in [2.75, 3.05) is 19.0 Å². The van der Waals surface area contributed by atoms with E-state index in [1.165, 1.54) is 19.2 Å². The number of benzene rings is 1. The molecule has 0 aliphatic rings. The van der Waals surface area contributed by atoms with E-state index in [-0.39, 0.29) is 29.2 Å². The molecule has 9 heteroatoms. The molecule has 0 fully saturated rings. The molecule has 1 unspecified atom stereocenters. The van der Waals surface area contributed by atoms with Crippen molar-refractivity contribution in [1.82, 2.24) is 20.1 Å². The number of hydrogen-bond acceptors (Lipinski definition) is 5. The van der Waals surface area contributed by atoms with Crippen molar-refractivity contribution >= 4 is 34.1 Å². The lowest BCUT2D eigenvalue weighted by Gasteiger charge is -2.16. The van der Waals surface area contributed by atoms with Crippen molar-refractivity contribution < 1.29 is 13.9 Å². The Morgan fingerprint density at radius 3 is 3.00 bits per heavy atom. The molecule has 0 saturated heterocycles. The molecular weight excluding hydrogens is 373 g/mol. The number of carbonyl (C=O) groups is 1. The van der Waals surface area contributed by atoms with Crippen LogP contribution in [0.4, 0.5) is 10.1 Å². The molecule has 0 saturated carbocycles. The van der Waals surface area contributed by atoms with E-state index in [4.69, 9.17) is 16.3 Å². The Hall–Kier alpha value is -2.87. The summed E-state index contributed by atoms with van der Waals surface area (Å²) in [5.41, 5.74) is 1.03. The minimum Gasteiger partial charge on any atom is -0.495 e. The van der Waals surface area contributed by atoms with Gasteiger partial charge in [-0.3, -0.25) is 14.5 Å². The van der Waals surface area contributed by atoms with Crippen LogP contribution >= 0.6 is 11.6 Å². The van der Waals surface area contributed by atoms with Crippen LogP contribution < -0.4 is 15.4 Å². The monoisotopic (exact) mass is 391 g/mol. The molecule has 7 nitrogen and oxygen atoms in total. The van der Waals surface area contributed by atoms with Crippen molar-refractivity contribution in [1.29, 1.82) is 0 Å². The van der Waals surface area contributed by atoms with Crippen molar-refractivity contribution in [3.63, 3.8) is 0 Å². The Bertz CT molecular complexity index is 929. The van der Waals surface area contributed by atoms with Crippen molar-refractivity contribution in [2.24, 2.45) is 0 Å². The summed E-state index contributed by atoms with van der Waals surface area (Å²) in [7, 11) is 1.46. The molecule has 0 radical (unpaired) electrons. The number of halogens is 2. The van der Waals surface area contributed by atoms with Crippen molar-refractivity contribution in [3.05, 3.63) is 47.6 Å². The summed E-state index contributed by atoms with van der Waals surface area (Å²) in [5, 5.41) is 11.2. The fourth-order valence-corrected chi connectivity index (χ4v) is 2.83. The van der Waals surface area contributed by atoms with Gasteiger partial charge in [0.2, 0.25) is 5.91 Å². The summed E-state index contributed by atoms with van der Waals surface area (Å²) < 4.78 is 20.6. The highest BCUT2D eigenvalue weighted by Gasteiger charge is 2.12. The first kappa shape index (κ1) is 18.9. The molecule has 142 valence electrons. The smallest absolute Gasteiger partial charge is 0.241 e. The Morgan fingerprint density at radius 1 is 1.44 bits per heavy atom. The SMILES string of the molecule is COc1cc(NCC(C)NC(=O)Cn2cc3cnccc3n2)c(F)cc1Cl. The van der Waals surface area contributed by atoms with Gasteiger partial charge in [0, 0.05) is 42.6 Å². The van der Waals surface area contributed by atoms with Crippen LogP contribution in [-0.2, 0) is 11.3 Å². The molecular formula is C18H19ClFN5O2. The van der Waals surface area contributed by atoms with Crippen molar-refractivity contribution in [3.8, 4) is 5.75 Å². The van der Waals surface area contributed by atoms with Gasteiger partial charge >= 0.3 is 0 Å². The molecule has 2 aromatic heterocycles. The van der Waals surface area contributed by atoms with Gasteiger partial charge in [-0.25, -0.2) is 4.39 Å². The zero-order chi connectivity index (χ0) is 19.4. The molecule has 2 N–H and O–H groups in total. The van der Waals surface area contributed by atoms with Crippen LogP contribution in [0.2, 0.25) is 5.02 Å². The maximum absolute atomic E-state index is 14.0. The van der Waals surface area contributed by atoms with E-state index in [2.05, 4.69) is 20.7 Å². The fourth-order valence-electron chi connectivity index (χ4n) is 2.60. The number of hydrogen-bond donors (Lipinski definition) is 2. The highest BCUT2D eigenvalue weighted by Crippen LogP contribution is 2.30. The average Bonchev–Trinajstić information content (AvgIpc) is 3.03. The van der Waals surface area contributed by atoms with Gasteiger partial charge in [0.15, 0.2) is 0 Å². The van der Waals surface area contributed by atoms with Crippen LogP contribution in [-0.4, -0.2) is 40.4 Å². The normalized spacial score (nSPS) is 12.0. The third-order valence-corrected chi connectivity index (χ3v) is 4.20. The maximum atomic E-state index is 14.0. The van der Waals surface area contributed by atoms with E-state index in [0.29, 0.717) is 12.3 Å². The Morgan fingerprint density at radius 2 is 2.26 bits per heavy atom. The van der Waals surface area contributed by atoms with Crippen LogP contribution in [0.1, 0.15) is 6.92 Å². The van der Waals surface area contributed by atoms with E-state index < -0.39 is 5.82 Å². The average molecular weight is 392 g/mol. The number of pyridine rings is 1.